The molecule has 3 aromatic carbocycles. The number of nitrogens with zero attached hydrogens (tertiary/aromatic N) is 2. The lowest BCUT2D eigenvalue weighted by Crippen LogP contribution is -2.40. The first-order valence-corrected chi connectivity index (χ1v) is 13.5. The van der Waals surface area contributed by atoms with Crippen LogP contribution in [0, 0.1) is 5.82 Å². The molecule has 0 radical (unpaired) electrons. The van der Waals surface area contributed by atoms with Gasteiger partial charge in [0.15, 0.2) is 0 Å². The summed E-state index contributed by atoms with van der Waals surface area (Å²) < 4.78 is 49.5. The number of unbranched alkanes of at least 4 members (excludes halogenated alkanes) is 2. The molecule has 2 unspecified atom stereocenters. The summed E-state index contributed by atoms with van der Waals surface area (Å²) in [7, 11) is -3.43. The van der Waals surface area contributed by atoms with Crippen molar-refractivity contribution in [1.82, 2.24) is 14.5 Å². The van der Waals surface area contributed by atoms with Gasteiger partial charge in [-0.1, -0.05) is 50.1 Å². The van der Waals surface area contributed by atoms with Gasteiger partial charge in [-0.2, -0.15) is 5.10 Å². The largest absolute Gasteiger partial charge is 0.484 e. The van der Waals surface area contributed by atoms with Gasteiger partial charge in [-0.15, -0.1) is 0 Å². The van der Waals surface area contributed by atoms with E-state index in [1.807, 2.05) is 62.4 Å². The van der Waals surface area contributed by atoms with Gasteiger partial charge >= 0.3 is 0 Å². The van der Waals surface area contributed by atoms with E-state index in [9.17, 15) is 12.8 Å². The topological polar surface area (TPSA) is 73.2 Å². The molecule has 0 spiro atoms. The Kier molecular flexibility index (Phi) is 7.83. The van der Waals surface area contributed by atoms with E-state index < -0.39 is 22.2 Å². The highest BCUT2D eigenvalue weighted by Gasteiger charge is 2.26. The number of nitrogens with one attached hydrogen (secondary N) is 1. The Morgan fingerprint density at radius 2 is 1.77 bits per heavy atom. The Balaban J connectivity index is 1.58. The Labute approximate surface area is 205 Å². The van der Waals surface area contributed by atoms with Gasteiger partial charge in [0.25, 0.3) is 0 Å². The minimum Gasteiger partial charge on any atom is -0.484 e. The lowest BCUT2D eigenvalue weighted by Gasteiger charge is -2.26. The number of ether oxygens (including phenoxy) is 1. The highest BCUT2D eigenvalue weighted by Crippen LogP contribution is 2.29. The van der Waals surface area contributed by atoms with E-state index in [1.165, 1.54) is 12.1 Å². The van der Waals surface area contributed by atoms with Crippen molar-refractivity contribution in [3.05, 3.63) is 90.4 Å². The van der Waals surface area contributed by atoms with Crippen LogP contribution in [0.25, 0.3) is 16.6 Å². The van der Waals surface area contributed by atoms with Crippen LogP contribution >= 0.6 is 0 Å². The molecular weight excluding hydrogens is 465 g/mol. The second kappa shape index (κ2) is 11.0. The fraction of sp³-hybridized carbons (Fsp3) is 0.296. The summed E-state index contributed by atoms with van der Waals surface area (Å²) in [6.45, 7) is 3.86. The van der Waals surface area contributed by atoms with Crippen molar-refractivity contribution >= 4 is 20.9 Å². The number of hydrogen-bond acceptors (Lipinski definition) is 4. The predicted molar refractivity (Wildman–Crippen MR) is 137 cm³/mol. The second-order valence-electron chi connectivity index (χ2n) is 8.64. The number of sulfonamides is 1. The first-order chi connectivity index (χ1) is 16.9. The molecule has 2 atom stereocenters. The SMILES string of the molecule is CCCCCS(=O)(=O)NC(C)C(Oc1ccc2c(cnn2-c2ccc(F)cc2)c1)c1ccccc1. The van der Waals surface area contributed by atoms with Gasteiger partial charge in [-0.3, -0.25) is 0 Å². The Hall–Kier alpha value is -3.23. The first kappa shape index (κ1) is 24.9. The molecule has 184 valence electrons. The zero-order chi connectivity index (χ0) is 24.8. The van der Waals surface area contributed by atoms with Crippen LogP contribution in [0.1, 0.15) is 44.8 Å². The van der Waals surface area contributed by atoms with E-state index in [0.29, 0.717) is 12.2 Å². The molecule has 4 rings (SSSR count). The van der Waals surface area contributed by atoms with Crippen LogP contribution in [-0.2, 0) is 10.0 Å². The summed E-state index contributed by atoms with van der Waals surface area (Å²) in [5.74, 6) is 0.395. The van der Waals surface area contributed by atoms with Crippen LogP contribution < -0.4 is 9.46 Å². The smallest absolute Gasteiger partial charge is 0.211 e. The number of benzene rings is 3. The maximum atomic E-state index is 13.3. The van der Waals surface area contributed by atoms with E-state index in [2.05, 4.69) is 9.82 Å². The summed E-state index contributed by atoms with van der Waals surface area (Å²) in [4.78, 5) is 0. The van der Waals surface area contributed by atoms with Crippen molar-refractivity contribution in [2.75, 3.05) is 5.75 Å². The number of fused-ring (bicyclic) bond motifs is 1. The molecule has 0 saturated heterocycles. The highest BCUT2D eigenvalue weighted by molar-refractivity contribution is 7.89. The van der Waals surface area contributed by atoms with Gasteiger partial charge in [0, 0.05) is 5.39 Å². The molecule has 0 amide bonds. The monoisotopic (exact) mass is 495 g/mol. The third-order valence-corrected chi connectivity index (χ3v) is 7.40. The van der Waals surface area contributed by atoms with Crippen LogP contribution in [0.15, 0.2) is 79.0 Å². The Morgan fingerprint density at radius 1 is 1.03 bits per heavy atom. The van der Waals surface area contributed by atoms with Crippen molar-refractivity contribution in [3.8, 4) is 11.4 Å². The van der Waals surface area contributed by atoms with Crippen molar-refractivity contribution in [3.63, 3.8) is 0 Å². The molecule has 8 heteroatoms. The summed E-state index contributed by atoms with van der Waals surface area (Å²) in [5.41, 5.74) is 2.48. The summed E-state index contributed by atoms with van der Waals surface area (Å²) in [5, 5.41) is 5.29. The molecule has 0 fully saturated rings. The summed E-state index contributed by atoms with van der Waals surface area (Å²) in [6.07, 6.45) is 3.66. The number of aromatic nitrogens is 2. The number of halogens is 1. The van der Waals surface area contributed by atoms with Gasteiger partial charge in [0.05, 0.1) is 29.2 Å². The molecule has 0 aliphatic heterocycles. The third kappa shape index (κ3) is 6.26. The van der Waals surface area contributed by atoms with Crippen LogP contribution in [0.2, 0.25) is 0 Å². The minimum absolute atomic E-state index is 0.0984. The van der Waals surface area contributed by atoms with E-state index in [0.717, 1.165) is 35.0 Å². The molecule has 0 aliphatic carbocycles. The fourth-order valence-electron chi connectivity index (χ4n) is 4.07. The average Bonchev–Trinajstić information content (AvgIpc) is 3.26. The van der Waals surface area contributed by atoms with E-state index in [4.69, 9.17) is 4.74 Å². The van der Waals surface area contributed by atoms with E-state index in [1.54, 1.807) is 23.0 Å². The summed E-state index contributed by atoms with van der Waals surface area (Å²) >= 11 is 0. The van der Waals surface area contributed by atoms with Crippen molar-refractivity contribution in [2.45, 2.75) is 45.3 Å². The van der Waals surface area contributed by atoms with Crippen LogP contribution in [-0.4, -0.2) is 30.0 Å². The lowest BCUT2D eigenvalue weighted by molar-refractivity contribution is 0.173. The molecular formula is C27H30FN3O3S. The first-order valence-electron chi connectivity index (χ1n) is 11.8. The average molecular weight is 496 g/mol. The number of hydrogen-bond donors (Lipinski definition) is 1. The Bertz CT molecular complexity index is 1360. The van der Waals surface area contributed by atoms with Crippen molar-refractivity contribution < 1.29 is 17.5 Å². The quantitative estimate of drug-likeness (QED) is 0.268. The zero-order valence-electron chi connectivity index (χ0n) is 19.9. The highest BCUT2D eigenvalue weighted by atomic mass is 32.2. The molecule has 0 bridgehead atoms. The maximum Gasteiger partial charge on any atom is 0.211 e. The standard InChI is InChI=1S/C27H30FN3O3S/c1-3-4-8-17-35(32,33)30-20(2)27(21-9-6-5-7-10-21)34-25-15-16-26-22(18-25)19-29-31(26)24-13-11-23(28)12-14-24/h5-7,9-16,18-20,27,30H,3-4,8,17H2,1-2H3. The van der Waals surface area contributed by atoms with Crippen LogP contribution in [0.3, 0.4) is 0 Å². The molecule has 1 N–H and O–H groups in total. The zero-order valence-corrected chi connectivity index (χ0v) is 20.7. The molecule has 6 nitrogen and oxygen atoms in total. The van der Waals surface area contributed by atoms with Gasteiger partial charge in [0.2, 0.25) is 10.0 Å². The van der Waals surface area contributed by atoms with Gasteiger partial charge in [-0.25, -0.2) is 22.2 Å². The van der Waals surface area contributed by atoms with E-state index >= 15 is 0 Å². The molecule has 35 heavy (non-hydrogen) atoms. The van der Waals surface area contributed by atoms with Crippen molar-refractivity contribution in [2.24, 2.45) is 0 Å². The van der Waals surface area contributed by atoms with Crippen molar-refractivity contribution in [1.29, 1.82) is 0 Å². The third-order valence-electron chi connectivity index (χ3n) is 5.84. The van der Waals surface area contributed by atoms with E-state index in [-0.39, 0.29) is 11.6 Å². The molecule has 1 aromatic heterocycles. The molecule has 1 heterocycles. The second-order valence-corrected chi connectivity index (χ2v) is 10.5. The predicted octanol–water partition coefficient (Wildman–Crippen LogP) is 5.78. The molecule has 0 saturated carbocycles. The van der Waals surface area contributed by atoms with Crippen LogP contribution in [0.4, 0.5) is 4.39 Å². The van der Waals surface area contributed by atoms with Gasteiger partial charge in [-0.05, 0) is 61.4 Å². The normalized spacial score (nSPS) is 13.6. The maximum absolute atomic E-state index is 13.3. The van der Waals surface area contributed by atoms with Gasteiger partial charge < -0.3 is 4.74 Å². The number of rotatable bonds is 11. The minimum atomic E-state index is -3.43. The van der Waals surface area contributed by atoms with Crippen LogP contribution in [0.5, 0.6) is 5.75 Å². The van der Waals surface area contributed by atoms with Gasteiger partial charge in [0.1, 0.15) is 17.7 Å². The fourth-order valence-corrected chi connectivity index (χ4v) is 5.46. The molecule has 0 aliphatic rings. The Morgan fingerprint density at radius 3 is 2.49 bits per heavy atom. The lowest BCUT2D eigenvalue weighted by atomic mass is 10.0. The molecule has 4 aromatic rings. The summed E-state index contributed by atoms with van der Waals surface area (Å²) in [6, 6.07) is 20.8.